The second-order valence-electron chi connectivity index (χ2n) is 5.47. The molecule has 1 aliphatic carbocycles. The number of fused-ring (bicyclic) bond motifs is 1. The molecule has 0 aliphatic heterocycles. The van der Waals surface area contributed by atoms with Gasteiger partial charge in [0, 0.05) is 19.5 Å². The highest BCUT2D eigenvalue weighted by molar-refractivity contribution is 7.87. The molecular weight excluding hydrogens is 288 g/mol. The van der Waals surface area contributed by atoms with Crippen LogP contribution in [0.2, 0.25) is 0 Å². The van der Waals surface area contributed by atoms with E-state index in [9.17, 15) is 13.5 Å². The smallest absolute Gasteiger partial charge is 0.280 e. The van der Waals surface area contributed by atoms with E-state index >= 15 is 0 Å². The van der Waals surface area contributed by atoms with Gasteiger partial charge < -0.3 is 5.11 Å². The van der Waals surface area contributed by atoms with Gasteiger partial charge in [-0.2, -0.15) is 17.4 Å². The van der Waals surface area contributed by atoms with Gasteiger partial charge in [-0.25, -0.2) is 0 Å². The molecule has 118 valence electrons. The first kappa shape index (κ1) is 16.4. The quantitative estimate of drug-likeness (QED) is 0.803. The fourth-order valence-corrected chi connectivity index (χ4v) is 4.40. The largest absolute Gasteiger partial charge is 0.391 e. The number of rotatable bonds is 7. The number of benzene rings is 1. The minimum atomic E-state index is -3.58. The van der Waals surface area contributed by atoms with Gasteiger partial charge in [0.15, 0.2) is 0 Å². The highest BCUT2D eigenvalue weighted by atomic mass is 32.2. The number of hydrogen-bond acceptors (Lipinski definition) is 3. The zero-order valence-electron chi connectivity index (χ0n) is 12.6. The van der Waals surface area contributed by atoms with Gasteiger partial charge in [-0.05, 0) is 24.0 Å². The van der Waals surface area contributed by atoms with Crippen molar-refractivity contribution in [2.24, 2.45) is 0 Å². The van der Waals surface area contributed by atoms with Gasteiger partial charge >= 0.3 is 0 Å². The Morgan fingerprint density at radius 3 is 2.48 bits per heavy atom. The van der Waals surface area contributed by atoms with Gasteiger partial charge in [-0.15, -0.1) is 0 Å². The number of hydrogen-bond donors (Lipinski definition) is 2. The Kier molecular flexibility index (Phi) is 5.37. The van der Waals surface area contributed by atoms with Crippen molar-refractivity contribution < 1.29 is 13.5 Å². The van der Waals surface area contributed by atoms with Crippen LogP contribution in [-0.2, 0) is 16.6 Å². The minimum absolute atomic E-state index is 0.491. The molecule has 0 radical (unpaired) electrons. The van der Waals surface area contributed by atoms with Gasteiger partial charge in [0.05, 0.1) is 12.1 Å². The first-order valence-corrected chi connectivity index (χ1v) is 8.96. The van der Waals surface area contributed by atoms with Crippen LogP contribution in [0.4, 0.5) is 0 Å². The third-order valence-corrected chi connectivity index (χ3v) is 5.36. The normalized spacial score (nSPS) is 21.7. The second-order valence-corrected chi connectivity index (χ2v) is 7.17. The van der Waals surface area contributed by atoms with Crippen LogP contribution in [-0.4, -0.2) is 37.0 Å². The number of aliphatic hydroxyl groups excluding tert-OH is 1. The molecule has 1 aromatic carbocycles. The monoisotopic (exact) mass is 312 g/mol. The van der Waals surface area contributed by atoms with Crippen molar-refractivity contribution in [2.75, 3.05) is 13.1 Å². The Hall–Kier alpha value is -0.950. The van der Waals surface area contributed by atoms with E-state index in [0.29, 0.717) is 19.5 Å². The first-order chi connectivity index (χ1) is 9.99. The second kappa shape index (κ2) is 6.87. The van der Waals surface area contributed by atoms with E-state index in [1.807, 2.05) is 38.1 Å². The Bertz CT molecular complexity index is 568. The van der Waals surface area contributed by atoms with Crippen LogP contribution in [0.5, 0.6) is 0 Å². The first-order valence-electron chi connectivity index (χ1n) is 7.52. The average Bonchev–Trinajstić information content (AvgIpc) is 2.75. The van der Waals surface area contributed by atoms with Crippen molar-refractivity contribution in [1.29, 1.82) is 0 Å². The Morgan fingerprint density at radius 2 is 1.86 bits per heavy atom. The molecule has 21 heavy (non-hydrogen) atoms. The number of nitrogens with one attached hydrogen (secondary N) is 1. The molecule has 0 saturated carbocycles. The molecule has 1 aliphatic rings. The summed E-state index contributed by atoms with van der Waals surface area (Å²) in [6.07, 6.45) is 1.32. The van der Waals surface area contributed by atoms with Crippen LogP contribution in [0.3, 0.4) is 0 Å². The van der Waals surface area contributed by atoms with Gasteiger partial charge in [-0.3, -0.25) is 0 Å². The maximum absolute atomic E-state index is 12.5. The zero-order valence-corrected chi connectivity index (χ0v) is 13.4. The van der Waals surface area contributed by atoms with Gasteiger partial charge in [0.25, 0.3) is 10.2 Å². The van der Waals surface area contributed by atoms with Crippen LogP contribution in [0.25, 0.3) is 0 Å². The van der Waals surface area contributed by atoms with Crippen molar-refractivity contribution >= 4 is 10.2 Å². The fourth-order valence-electron chi connectivity index (χ4n) is 2.80. The van der Waals surface area contributed by atoms with Crippen LogP contribution in [0, 0.1) is 0 Å². The van der Waals surface area contributed by atoms with Crippen molar-refractivity contribution in [3.05, 3.63) is 35.4 Å². The van der Waals surface area contributed by atoms with Crippen LogP contribution >= 0.6 is 0 Å². The van der Waals surface area contributed by atoms with Gasteiger partial charge in [0.2, 0.25) is 0 Å². The summed E-state index contributed by atoms with van der Waals surface area (Å²) in [6.45, 7) is 4.90. The minimum Gasteiger partial charge on any atom is -0.391 e. The lowest BCUT2D eigenvalue weighted by molar-refractivity contribution is 0.150. The lowest BCUT2D eigenvalue weighted by Gasteiger charge is -2.25. The summed E-state index contributed by atoms with van der Waals surface area (Å²) in [5.74, 6) is 0. The molecule has 2 rings (SSSR count). The highest BCUT2D eigenvalue weighted by Crippen LogP contribution is 2.32. The highest BCUT2D eigenvalue weighted by Gasteiger charge is 2.35. The average molecular weight is 312 g/mol. The molecule has 2 N–H and O–H groups in total. The molecule has 0 amide bonds. The lowest BCUT2D eigenvalue weighted by atomic mass is 10.1. The number of nitrogens with zero attached hydrogens (tertiary/aromatic N) is 1. The van der Waals surface area contributed by atoms with Crippen LogP contribution in [0.1, 0.15) is 43.9 Å². The standard InChI is InChI=1S/C15H24N2O3S/c1-3-9-17(10-4-2)21(19,20)16-15-13-8-6-5-7-12(13)11-14(15)18/h5-8,14-16,18H,3-4,9-11H2,1-2H3/t14-,15+/m1/s1. The molecule has 0 fully saturated rings. The number of aliphatic hydroxyl groups is 1. The maximum Gasteiger partial charge on any atom is 0.280 e. The van der Waals surface area contributed by atoms with Crippen molar-refractivity contribution in [3.63, 3.8) is 0 Å². The van der Waals surface area contributed by atoms with Crippen LogP contribution in [0.15, 0.2) is 24.3 Å². The van der Waals surface area contributed by atoms with Crippen molar-refractivity contribution in [1.82, 2.24) is 9.03 Å². The van der Waals surface area contributed by atoms with E-state index in [-0.39, 0.29) is 0 Å². The van der Waals surface area contributed by atoms with E-state index in [1.165, 1.54) is 4.31 Å². The molecule has 1 aromatic rings. The van der Waals surface area contributed by atoms with Gasteiger partial charge in [0.1, 0.15) is 0 Å². The molecule has 0 aromatic heterocycles. The summed E-state index contributed by atoms with van der Waals surface area (Å²) in [4.78, 5) is 0. The summed E-state index contributed by atoms with van der Waals surface area (Å²) in [5.41, 5.74) is 1.89. The molecule has 2 atom stereocenters. The Balaban J connectivity index is 2.20. The molecule has 0 heterocycles. The predicted molar refractivity (Wildman–Crippen MR) is 83.1 cm³/mol. The third-order valence-electron chi connectivity index (χ3n) is 3.77. The lowest BCUT2D eigenvalue weighted by Crippen LogP contribution is -2.45. The van der Waals surface area contributed by atoms with E-state index in [4.69, 9.17) is 0 Å². The molecule has 5 nitrogen and oxygen atoms in total. The fraction of sp³-hybridized carbons (Fsp3) is 0.600. The van der Waals surface area contributed by atoms with E-state index in [1.54, 1.807) is 0 Å². The summed E-state index contributed by atoms with van der Waals surface area (Å²) in [7, 11) is -3.58. The van der Waals surface area contributed by atoms with Crippen molar-refractivity contribution in [3.8, 4) is 0 Å². The summed E-state index contributed by atoms with van der Waals surface area (Å²) in [5, 5.41) is 10.2. The Morgan fingerprint density at radius 1 is 1.24 bits per heavy atom. The third kappa shape index (κ3) is 3.63. The summed E-state index contributed by atoms with van der Waals surface area (Å²) < 4.78 is 29.2. The maximum atomic E-state index is 12.5. The van der Waals surface area contributed by atoms with E-state index in [2.05, 4.69) is 4.72 Å². The van der Waals surface area contributed by atoms with E-state index in [0.717, 1.165) is 24.0 Å². The predicted octanol–water partition coefficient (Wildman–Crippen LogP) is 1.60. The van der Waals surface area contributed by atoms with Crippen LogP contribution < -0.4 is 4.72 Å². The summed E-state index contributed by atoms with van der Waals surface area (Å²) >= 11 is 0. The zero-order chi connectivity index (χ0) is 15.5. The van der Waals surface area contributed by atoms with Gasteiger partial charge in [-0.1, -0.05) is 38.1 Å². The SMILES string of the molecule is CCCN(CCC)S(=O)(=O)N[C@H]1c2ccccc2C[C@H]1O. The summed E-state index contributed by atoms with van der Waals surface area (Å²) in [6, 6.07) is 7.03. The molecule has 6 heteroatoms. The molecule has 0 saturated heterocycles. The molecule has 0 unspecified atom stereocenters. The van der Waals surface area contributed by atoms with E-state index < -0.39 is 22.4 Å². The Labute approximate surface area is 127 Å². The molecule has 0 bridgehead atoms. The molecular formula is C15H24N2O3S. The topological polar surface area (TPSA) is 69.6 Å². The molecule has 0 spiro atoms. The van der Waals surface area contributed by atoms with Crippen molar-refractivity contribution in [2.45, 2.75) is 45.3 Å².